The van der Waals surface area contributed by atoms with Crippen molar-refractivity contribution in [3.05, 3.63) is 41.8 Å². The van der Waals surface area contributed by atoms with E-state index in [0.717, 1.165) is 22.8 Å². The van der Waals surface area contributed by atoms with Crippen molar-refractivity contribution in [2.75, 3.05) is 18.9 Å². The number of thioether (sulfide) groups is 1. The number of hydrogen-bond donors (Lipinski definition) is 1. The van der Waals surface area contributed by atoms with Gasteiger partial charge >= 0.3 is 0 Å². The van der Waals surface area contributed by atoms with Crippen molar-refractivity contribution in [3.8, 4) is 17.6 Å². The molecule has 2 aromatic rings. The van der Waals surface area contributed by atoms with Crippen LogP contribution in [0.25, 0.3) is 0 Å². The molecule has 0 radical (unpaired) electrons. The molecule has 4 nitrogen and oxygen atoms in total. The number of aryl methyl sites for hydroxylation is 1. The van der Waals surface area contributed by atoms with Crippen LogP contribution in [0.3, 0.4) is 0 Å². The smallest absolute Gasteiger partial charge is 0.255 e. The first kappa shape index (κ1) is 14.5. The quantitative estimate of drug-likeness (QED) is 0.520. The SMILES string of the molecule is Cc1coc(SCCOc2cccc(C#CCN)c2)n1. The second-order valence-electron chi connectivity index (χ2n) is 3.99. The number of nitrogens with zero attached hydrogens (tertiary/aromatic N) is 1. The van der Waals surface area contributed by atoms with Gasteiger partial charge in [-0.05, 0) is 25.1 Å². The monoisotopic (exact) mass is 288 g/mol. The molecule has 0 aliphatic carbocycles. The molecule has 0 atom stereocenters. The molecule has 104 valence electrons. The van der Waals surface area contributed by atoms with Crippen LogP contribution >= 0.6 is 11.8 Å². The molecule has 0 amide bonds. The van der Waals surface area contributed by atoms with Crippen LogP contribution in [0.1, 0.15) is 11.3 Å². The number of hydrogen-bond acceptors (Lipinski definition) is 5. The van der Waals surface area contributed by atoms with Crippen LogP contribution in [0.2, 0.25) is 0 Å². The molecule has 0 fully saturated rings. The van der Waals surface area contributed by atoms with Gasteiger partial charge in [-0.1, -0.05) is 29.7 Å². The van der Waals surface area contributed by atoms with Gasteiger partial charge in [0.15, 0.2) is 0 Å². The fourth-order valence-corrected chi connectivity index (χ4v) is 2.17. The largest absolute Gasteiger partial charge is 0.493 e. The van der Waals surface area contributed by atoms with Crippen molar-refractivity contribution in [1.82, 2.24) is 4.98 Å². The number of nitrogens with two attached hydrogens (primary N) is 1. The molecule has 20 heavy (non-hydrogen) atoms. The molecule has 0 saturated carbocycles. The van der Waals surface area contributed by atoms with Gasteiger partial charge in [-0.15, -0.1) is 0 Å². The fourth-order valence-electron chi connectivity index (χ4n) is 1.50. The van der Waals surface area contributed by atoms with Crippen molar-refractivity contribution in [2.24, 2.45) is 5.73 Å². The molecule has 0 spiro atoms. The Morgan fingerprint density at radius 2 is 2.35 bits per heavy atom. The first-order valence-corrected chi connectivity index (χ1v) is 7.23. The average molecular weight is 288 g/mol. The minimum absolute atomic E-state index is 0.358. The molecule has 2 rings (SSSR count). The van der Waals surface area contributed by atoms with E-state index in [1.54, 1.807) is 6.26 Å². The highest BCUT2D eigenvalue weighted by molar-refractivity contribution is 7.99. The van der Waals surface area contributed by atoms with Crippen molar-refractivity contribution >= 4 is 11.8 Å². The summed E-state index contributed by atoms with van der Waals surface area (Å²) in [5, 5.41) is 0.675. The topological polar surface area (TPSA) is 61.3 Å². The van der Waals surface area contributed by atoms with Gasteiger partial charge in [0.1, 0.15) is 12.0 Å². The van der Waals surface area contributed by atoms with Gasteiger partial charge in [0, 0.05) is 11.3 Å². The van der Waals surface area contributed by atoms with E-state index >= 15 is 0 Å². The Morgan fingerprint density at radius 1 is 1.45 bits per heavy atom. The predicted molar refractivity (Wildman–Crippen MR) is 79.8 cm³/mol. The summed E-state index contributed by atoms with van der Waals surface area (Å²) in [5.74, 6) is 7.38. The van der Waals surface area contributed by atoms with E-state index in [2.05, 4.69) is 16.8 Å². The zero-order valence-corrected chi connectivity index (χ0v) is 12.1. The minimum Gasteiger partial charge on any atom is -0.493 e. The van der Waals surface area contributed by atoms with Crippen LogP contribution in [-0.2, 0) is 0 Å². The van der Waals surface area contributed by atoms with Gasteiger partial charge < -0.3 is 14.9 Å². The van der Waals surface area contributed by atoms with Crippen LogP contribution in [0.5, 0.6) is 5.75 Å². The first-order valence-electron chi connectivity index (χ1n) is 6.24. The molecule has 0 bridgehead atoms. The number of aromatic nitrogens is 1. The highest BCUT2D eigenvalue weighted by atomic mass is 32.2. The molecule has 1 aromatic heterocycles. The van der Waals surface area contributed by atoms with E-state index in [1.807, 2.05) is 31.2 Å². The van der Waals surface area contributed by atoms with Gasteiger partial charge in [0.2, 0.25) is 0 Å². The van der Waals surface area contributed by atoms with Crippen LogP contribution in [0.4, 0.5) is 0 Å². The van der Waals surface area contributed by atoms with Crippen LogP contribution in [-0.4, -0.2) is 23.9 Å². The van der Waals surface area contributed by atoms with E-state index in [0.29, 0.717) is 18.4 Å². The normalized spacial score (nSPS) is 9.90. The lowest BCUT2D eigenvalue weighted by atomic mass is 10.2. The van der Waals surface area contributed by atoms with Gasteiger partial charge in [-0.25, -0.2) is 4.98 Å². The Kier molecular flexibility index (Phi) is 5.54. The van der Waals surface area contributed by atoms with Gasteiger partial charge in [-0.2, -0.15) is 0 Å². The number of benzene rings is 1. The molecule has 0 saturated heterocycles. The molecule has 5 heteroatoms. The minimum atomic E-state index is 0.358. The van der Waals surface area contributed by atoms with E-state index in [9.17, 15) is 0 Å². The van der Waals surface area contributed by atoms with E-state index in [1.165, 1.54) is 11.8 Å². The Bertz CT molecular complexity index is 614. The molecule has 0 aliphatic heterocycles. The summed E-state index contributed by atoms with van der Waals surface area (Å²) in [6, 6.07) is 7.66. The first-order chi connectivity index (χ1) is 9.78. The highest BCUT2D eigenvalue weighted by Crippen LogP contribution is 2.17. The number of oxazole rings is 1. The fraction of sp³-hybridized carbons (Fsp3) is 0.267. The van der Waals surface area contributed by atoms with E-state index < -0.39 is 0 Å². The van der Waals surface area contributed by atoms with E-state index in [-0.39, 0.29) is 0 Å². The van der Waals surface area contributed by atoms with Gasteiger partial charge in [-0.3, -0.25) is 0 Å². The third-order valence-corrected chi connectivity index (χ3v) is 3.15. The molecular formula is C15H16N2O2S. The Morgan fingerprint density at radius 3 is 3.10 bits per heavy atom. The van der Waals surface area contributed by atoms with Crippen molar-refractivity contribution in [3.63, 3.8) is 0 Å². The summed E-state index contributed by atoms with van der Waals surface area (Å²) in [6.07, 6.45) is 1.64. The molecular weight excluding hydrogens is 272 g/mol. The maximum Gasteiger partial charge on any atom is 0.255 e. The zero-order valence-electron chi connectivity index (χ0n) is 11.3. The predicted octanol–water partition coefficient (Wildman–Crippen LogP) is 2.46. The number of ether oxygens (including phenoxy) is 1. The molecule has 1 heterocycles. The molecule has 0 aliphatic rings. The van der Waals surface area contributed by atoms with Crippen LogP contribution in [0.15, 0.2) is 40.2 Å². The molecule has 1 aromatic carbocycles. The summed E-state index contributed by atoms with van der Waals surface area (Å²) in [7, 11) is 0. The van der Waals surface area contributed by atoms with Crippen molar-refractivity contribution in [1.29, 1.82) is 0 Å². The molecule has 0 unspecified atom stereocenters. The van der Waals surface area contributed by atoms with Gasteiger partial charge in [0.05, 0.1) is 18.8 Å². The second-order valence-corrected chi connectivity index (χ2v) is 5.03. The highest BCUT2D eigenvalue weighted by Gasteiger charge is 2.01. The van der Waals surface area contributed by atoms with Crippen molar-refractivity contribution < 1.29 is 9.15 Å². The number of rotatable bonds is 5. The van der Waals surface area contributed by atoms with Crippen LogP contribution in [0, 0.1) is 18.8 Å². The summed E-state index contributed by atoms with van der Waals surface area (Å²) < 4.78 is 10.9. The standard InChI is InChI=1S/C15H16N2O2S/c1-12-11-19-15(17-12)20-9-8-18-14-6-2-4-13(10-14)5-3-7-16/h2,4,6,10-11H,7-9,16H2,1H3. The molecule has 2 N–H and O–H groups in total. The van der Waals surface area contributed by atoms with Crippen LogP contribution < -0.4 is 10.5 Å². The average Bonchev–Trinajstić information content (AvgIpc) is 2.87. The van der Waals surface area contributed by atoms with E-state index in [4.69, 9.17) is 14.9 Å². The third-order valence-electron chi connectivity index (χ3n) is 2.34. The summed E-state index contributed by atoms with van der Waals surface area (Å²) in [6.45, 7) is 2.84. The summed E-state index contributed by atoms with van der Waals surface area (Å²) in [5.41, 5.74) is 7.14. The maximum absolute atomic E-state index is 5.67. The Hall–Kier alpha value is -1.90. The Balaban J connectivity index is 1.79. The second kappa shape index (κ2) is 7.63. The lowest BCUT2D eigenvalue weighted by Crippen LogP contribution is -2.00. The van der Waals surface area contributed by atoms with Gasteiger partial charge in [0.25, 0.3) is 5.22 Å². The summed E-state index contributed by atoms with van der Waals surface area (Å²) in [4.78, 5) is 4.21. The maximum atomic E-state index is 5.67. The van der Waals surface area contributed by atoms with Crippen molar-refractivity contribution in [2.45, 2.75) is 12.1 Å². The lowest BCUT2D eigenvalue weighted by Gasteiger charge is -2.05. The summed E-state index contributed by atoms with van der Waals surface area (Å²) >= 11 is 1.53. The third kappa shape index (κ3) is 4.65. The Labute approximate surface area is 122 Å². The lowest BCUT2D eigenvalue weighted by molar-refractivity contribution is 0.343. The zero-order chi connectivity index (χ0) is 14.2.